The quantitative estimate of drug-likeness (QED) is 0.174. The van der Waals surface area contributed by atoms with Crippen LogP contribution in [0.4, 0.5) is 26.3 Å². The summed E-state index contributed by atoms with van der Waals surface area (Å²) in [5.41, 5.74) is 4.73. The van der Waals surface area contributed by atoms with E-state index in [1.54, 1.807) is 0 Å². The molecule has 0 atom stereocenters. The minimum Gasteiger partial charge on any atom is -0.394 e. The number of fused-ring (bicyclic) bond motifs is 7. The van der Waals surface area contributed by atoms with Gasteiger partial charge in [0.25, 0.3) is 0 Å². The van der Waals surface area contributed by atoms with Crippen molar-refractivity contribution >= 4 is 7.82 Å². The average Bonchev–Trinajstić information content (AvgIpc) is 3.13. The average molecular weight is 645 g/mol. The van der Waals surface area contributed by atoms with Gasteiger partial charge >= 0.3 is 20.2 Å². The predicted octanol–water partition coefficient (Wildman–Crippen LogP) is 10.4. The molecule has 11 heteroatoms. The number of alkyl halides is 6. The second kappa shape index (κ2) is 10.7. The van der Waals surface area contributed by atoms with Gasteiger partial charge in [0.05, 0.1) is 11.1 Å². The third-order valence-corrected chi connectivity index (χ3v) is 9.74. The third kappa shape index (κ3) is 5.42. The number of hydrogen-bond acceptors (Lipinski definition) is 3. The second-order valence-electron chi connectivity index (χ2n) is 11.7. The lowest BCUT2D eigenvalue weighted by Crippen LogP contribution is -2.10. The lowest BCUT2D eigenvalue weighted by atomic mass is 9.77. The molecule has 0 radical (unpaired) electrons. The van der Waals surface area contributed by atoms with Gasteiger partial charge in [-0.25, -0.2) is 4.57 Å². The van der Waals surface area contributed by atoms with Gasteiger partial charge in [-0.05, 0) is 121 Å². The van der Waals surface area contributed by atoms with Gasteiger partial charge in [-0.2, -0.15) is 26.3 Å². The first-order chi connectivity index (χ1) is 21.3. The van der Waals surface area contributed by atoms with Crippen molar-refractivity contribution in [1.82, 2.24) is 0 Å². The van der Waals surface area contributed by atoms with E-state index in [9.17, 15) is 35.8 Å². The van der Waals surface area contributed by atoms with E-state index in [-0.39, 0.29) is 11.5 Å². The zero-order valence-corrected chi connectivity index (χ0v) is 24.7. The Hall–Kier alpha value is -3.75. The number of rotatable bonds is 2. The summed E-state index contributed by atoms with van der Waals surface area (Å²) in [6.07, 6.45) is -2.90. The molecule has 3 aliphatic rings. The Morgan fingerprint density at radius 1 is 0.578 bits per heavy atom. The molecule has 0 fully saturated rings. The van der Waals surface area contributed by atoms with Gasteiger partial charge in [0.2, 0.25) is 0 Å². The Morgan fingerprint density at radius 2 is 0.933 bits per heavy atom. The van der Waals surface area contributed by atoms with Gasteiger partial charge in [-0.1, -0.05) is 24.3 Å². The summed E-state index contributed by atoms with van der Waals surface area (Å²) in [6, 6.07) is 12.8. The van der Waals surface area contributed by atoms with Crippen LogP contribution in [-0.2, 0) is 42.6 Å². The highest BCUT2D eigenvalue weighted by Gasteiger charge is 2.40. The van der Waals surface area contributed by atoms with Crippen LogP contribution in [0.2, 0.25) is 0 Å². The summed E-state index contributed by atoms with van der Waals surface area (Å²) in [5.74, 6) is 0.106. The SMILES string of the molecule is O=P1(O)Oc2c(-c3ccc(C(F)(F)F)cc3)cc3c(c2-c2c4c(cc(-c5ccc(C(F)(F)F)cc5)c2O1)CCCC4)CCCC3. The van der Waals surface area contributed by atoms with Crippen molar-refractivity contribution in [2.24, 2.45) is 0 Å². The summed E-state index contributed by atoms with van der Waals surface area (Å²) in [7, 11) is -4.89. The maximum atomic E-state index is 13.7. The largest absolute Gasteiger partial charge is 0.584 e. The van der Waals surface area contributed by atoms with Crippen molar-refractivity contribution in [2.45, 2.75) is 63.7 Å². The second-order valence-corrected chi connectivity index (χ2v) is 13.0. The highest BCUT2D eigenvalue weighted by Crippen LogP contribution is 2.61. The van der Waals surface area contributed by atoms with Crippen molar-refractivity contribution in [3.8, 4) is 44.9 Å². The van der Waals surface area contributed by atoms with E-state index in [0.717, 1.165) is 72.2 Å². The van der Waals surface area contributed by atoms with Crippen LogP contribution in [0.15, 0.2) is 60.7 Å². The molecule has 1 N–H and O–H groups in total. The normalized spacial score (nSPS) is 17.1. The fourth-order valence-corrected chi connectivity index (χ4v) is 7.72. The van der Waals surface area contributed by atoms with Crippen molar-refractivity contribution in [3.05, 3.63) is 94.0 Å². The molecule has 1 heterocycles. The Kier molecular flexibility index (Phi) is 7.09. The molecule has 0 unspecified atom stereocenters. The summed E-state index contributed by atoms with van der Waals surface area (Å²) >= 11 is 0. The van der Waals surface area contributed by atoms with Crippen LogP contribution >= 0.6 is 7.82 Å². The molecule has 1 aliphatic heterocycles. The predicted molar refractivity (Wildman–Crippen MR) is 157 cm³/mol. The van der Waals surface area contributed by atoms with Crippen molar-refractivity contribution < 1.29 is 44.8 Å². The molecular weight excluding hydrogens is 617 g/mol. The van der Waals surface area contributed by atoms with Crippen molar-refractivity contribution in [2.75, 3.05) is 0 Å². The first-order valence-electron chi connectivity index (χ1n) is 14.8. The first kappa shape index (κ1) is 29.9. The highest BCUT2D eigenvalue weighted by molar-refractivity contribution is 7.48. The van der Waals surface area contributed by atoms with Gasteiger partial charge in [0.1, 0.15) is 11.5 Å². The van der Waals surface area contributed by atoms with E-state index >= 15 is 0 Å². The Labute approximate surface area is 255 Å². The Morgan fingerprint density at radius 3 is 1.29 bits per heavy atom. The van der Waals surface area contributed by atoms with E-state index in [0.29, 0.717) is 59.1 Å². The van der Waals surface area contributed by atoms with Crippen molar-refractivity contribution in [3.63, 3.8) is 0 Å². The van der Waals surface area contributed by atoms with E-state index in [1.165, 1.54) is 24.3 Å². The maximum Gasteiger partial charge on any atom is 0.584 e. The Balaban J connectivity index is 1.54. The number of halogens is 6. The van der Waals surface area contributed by atoms with Crippen LogP contribution in [0.3, 0.4) is 0 Å². The van der Waals surface area contributed by atoms with Crippen LogP contribution in [-0.4, -0.2) is 4.89 Å². The fraction of sp³-hybridized carbons (Fsp3) is 0.294. The molecular formula is C34H27F6O4P. The Bertz CT molecular complexity index is 1730. The van der Waals surface area contributed by atoms with Gasteiger partial charge in [-0.15, -0.1) is 0 Å². The van der Waals surface area contributed by atoms with Gasteiger partial charge in [0.15, 0.2) is 0 Å². The van der Waals surface area contributed by atoms with Gasteiger partial charge in [0, 0.05) is 22.3 Å². The van der Waals surface area contributed by atoms with Gasteiger partial charge in [-0.3, -0.25) is 4.89 Å². The molecule has 4 nitrogen and oxygen atoms in total. The van der Waals surface area contributed by atoms with Crippen LogP contribution in [0.25, 0.3) is 33.4 Å². The molecule has 45 heavy (non-hydrogen) atoms. The van der Waals surface area contributed by atoms with E-state index in [2.05, 4.69) is 0 Å². The highest BCUT2D eigenvalue weighted by atomic mass is 31.2. The zero-order chi connectivity index (χ0) is 31.7. The van der Waals surface area contributed by atoms with Crippen LogP contribution in [0.5, 0.6) is 11.5 Å². The molecule has 4 aromatic carbocycles. The molecule has 0 saturated heterocycles. The topological polar surface area (TPSA) is 55.8 Å². The lowest BCUT2D eigenvalue weighted by Gasteiger charge is -2.28. The fourth-order valence-electron chi connectivity index (χ4n) is 6.84. The van der Waals surface area contributed by atoms with Crippen LogP contribution in [0.1, 0.15) is 59.1 Å². The first-order valence-corrected chi connectivity index (χ1v) is 16.2. The summed E-state index contributed by atoms with van der Waals surface area (Å²) < 4.78 is 106. The summed E-state index contributed by atoms with van der Waals surface area (Å²) in [5, 5.41) is 0. The monoisotopic (exact) mass is 644 g/mol. The third-order valence-electron chi connectivity index (χ3n) is 8.91. The van der Waals surface area contributed by atoms with Gasteiger partial charge < -0.3 is 9.05 Å². The number of hydrogen-bond donors (Lipinski definition) is 1. The molecule has 0 amide bonds. The summed E-state index contributed by atoms with van der Waals surface area (Å²) in [4.78, 5) is 11.1. The number of aryl methyl sites for hydroxylation is 2. The summed E-state index contributed by atoms with van der Waals surface area (Å²) in [6.45, 7) is 0. The maximum absolute atomic E-state index is 13.7. The van der Waals surface area contributed by atoms with E-state index in [4.69, 9.17) is 9.05 Å². The van der Waals surface area contributed by atoms with E-state index < -0.39 is 31.3 Å². The molecule has 0 saturated carbocycles. The molecule has 234 valence electrons. The minimum absolute atomic E-state index is 0.0531. The molecule has 7 rings (SSSR count). The lowest BCUT2D eigenvalue weighted by molar-refractivity contribution is -0.138. The molecule has 0 bridgehead atoms. The molecule has 4 aromatic rings. The van der Waals surface area contributed by atoms with E-state index in [1.807, 2.05) is 12.1 Å². The standard InChI is InChI=1S/C34H27F6O4P/c35-33(36,37)23-13-9-19(10-14-23)27-17-21-5-1-3-7-25(21)29-30-26-8-4-2-6-22(26)18-28(32(30)44-45(41,42)43-31(27)29)20-11-15-24(16-12-20)34(38,39)40/h9-18H,1-8H2,(H,41,42). The number of phosphoric acid groups is 1. The molecule has 2 aliphatic carbocycles. The molecule has 0 aromatic heterocycles. The zero-order valence-electron chi connectivity index (χ0n) is 23.8. The number of phosphoric ester groups is 1. The van der Waals surface area contributed by atoms with Crippen LogP contribution < -0.4 is 9.05 Å². The molecule has 0 spiro atoms. The minimum atomic E-state index is -4.89. The smallest absolute Gasteiger partial charge is 0.394 e. The van der Waals surface area contributed by atoms with Crippen molar-refractivity contribution in [1.29, 1.82) is 0 Å². The number of benzene rings is 4. The van der Waals surface area contributed by atoms with Crippen LogP contribution in [0, 0.1) is 0 Å².